The van der Waals surface area contributed by atoms with E-state index in [0.717, 1.165) is 18.0 Å². The Labute approximate surface area is 210 Å². The Morgan fingerprint density at radius 3 is 2.89 bits per heavy atom. The Bertz CT molecular complexity index is 1210. The first kappa shape index (κ1) is 24.9. The van der Waals surface area contributed by atoms with Crippen molar-refractivity contribution in [2.45, 2.75) is 36.5 Å². The molecule has 4 N–H and O–H groups in total. The number of aliphatic carboxylic acids is 1. The first-order valence-corrected chi connectivity index (χ1v) is 13.0. The molecule has 2 aliphatic rings. The lowest BCUT2D eigenvalue weighted by atomic mass is 10.0. The number of carbonyl (C=O) groups excluding carboxylic acids is 2. The van der Waals surface area contributed by atoms with E-state index < -0.39 is 29.2 Å². The zero-order chi connectivity index (χ0) is 25.1. The highest BCUT2D eigenvalue weighted by Gasteiger charge is 2.54. The zero-order valence-electron chi connectivity index (χ0n) is 18.4. The van der Waals surface area contributed by atoms with Crippen LogP contribution < -0.4 is 11.1 Å². The number of fused-ring (bicyclic) bond motifs is 1. The normalized spacial score (nSPS) is 19.9. The molecule has 2 atom stereocenters. The molecule has 0 aromatic carbocycles. The Morgan fingerprint density at radius 1 is 1.43 bits per heavy atom. The van der Waals surface area contributed by atoms with Crippen LogP contribution in [-0.2, 0) is 25.8 Å². The highest BCUT2D eigenvalue weighted by atomic mass is 32.2. The molecule has 0 bridgehead atoms. The van der Waals surface area contributed by atoms with E-state index >= 15 is 0 Å². The van der Waals surface area contributed by atoms with Gasteiger partial charge in [0.1, 0.15) is 24.2 Å². The number of nitrogens with zero attached hydrogens (tertiary/aromatic N) is 8. The number of oxime groups is 1. The third kappa shape index (κ3) is 4.94. The average Bonchev–Trinajstić information content (AvgIpc) is 3.47. The van der Waals surface area contributed by atoms with Gasteiger partial charge in [-0.15, -0.1) is 16.9 Å². The van der Waals surface area contributed by atoms with Crippen molar-refractivity contribution in [3.63, 3.8) is 0 Å². The Hall–Kier alpha value is -3.25. The molecule has 18 heteroatoms. The van der Waals surface area contributed by atoms with Gasteiger partial charge in [-0.05, 0) is 22.4 Å². The van der Waals surface area contributed by atoms with Gasteiger partial charge in [-0.2, -0.15) is 9.36 Å². The highest BCUT2D eigenvalue weighted by Crippen LogP contribution is 2.41. The number of nitrogens with one attached hydrogen (secondary N) is 1. The van der Waals surface area contributed by atoms with Gasteiger partial charge in [-0.1, -0.05) is 23.8 Å². The van der Waals surface area contributed by atoms with Crippen LogP contribution in [0, 0.1) is 0 Å². The number of amides is 2. The number of tetrazole rings is 1. The smallest absolute Gasteiger partial charge is 0.352 e. The van der Waals surface area contributed by atoms with Crippen LogP contribution in [0.5, 0.6) is 0 Å². The van der Waals surface area contributed by atoms with Crippen LogP contribution in [0.1, 0.15) is 19.2 Å². The van der Waals surface area contributed by atoms with Crippen molar-refractivity contribution in [1.82, 2.24) is 39.8 Å². The number of carboxylic acid groups (broad SMARTS) is 1. The molecule has 15 nitrogen and oxygen atoms in total. The molecule has 186 valence electrons. The van der Waals surface area contributed by atoms with Crippen LogP contribution in [0.15, 0.2) is 21.6 Å². The molecule has 2 aromatic rings. The number of rotatable bonds is 10. The first-order chi connectivity index (χ1) is 16.8. The van der Waals surface area contributed by atoms with E-state index in [2.05, 4.69) is 35.4 Å². The van der Waals surface area contributed by atoms with E-state index in [9.17, 15) is 19.5 Å². The van der Waals surface area contributed by atoms with Crippen molar-refractivity contribution in [3.05, 3.63) is 17.1 Å². The SMILES string of the molecule is CCCn1nnnc1SCC1=C(C(=O)O)N2C(=O)C(NC(=O)C(=NOC)c3nsc(N)n3)[C@@H]2SC1. The van der Waals surface area contributed by atoms with Crippen LogP contribution in [0.2, 0.25) is 0 Å². The minimum atomic E-state index is -1.22. The zero-order valence-corrected chi connectivity index (χ0v) is 20.9. The van der Waals surface area contributed by atoms with Crippen molar-refractivity contribution in [1.29, 1.82) is 0 Å². The molecule has 2 aliphatic heterocycles. The molecule has 1 saturated heterocycles. The van der Waals surface area contributed by atoms with Gasteiger partial charge in [0.25, 0.3) is 11.8 Å². The second kappa shape index (κ2) is 10.6. The Kier molecular flexibility index (Phi) is 7.51. The Balaban J connectivity index is 1.48. The number of carbonyl (C=O) groups is 3. The van der Waals surface area contributed by atoms with Gasteiger partial charge in [0, 0.05) is 29.6 Å². The molecule has 0 radical (unpaired) electrons. The summed E-state index contributed by atoms with van der Waals surface area (Å²) in [7, 11) is 1.25. The molecule has 4 rings (SSSR count). The number of β-lactam (4-membered cyclic amide) rings is 1. The van der Waals surface area contributed by atoms with Crippen molar-refractivity contribution < 1.29 is 24.3 Å². The van der Waals surface area contributed by atoms with E-state index in [1.54, 1.807) is 4.68 Å². The molecule has 2 aromatic heterocycles. The summed E-state index contributed by atoms with van der Waals surface area (Å²) in [6.07, 6.45) is 0.845. The van der Waals surface area contributed by atoms with Crippen LogP contribution >= 0.6 is 35.1 Å². The topological polar surface area (TPSA) is 204 Å². The maximum absolute atomic E-state index is 12.9. The van der Waals surface area contributed by atoms with Crippen molar-refractivity contribution in [3.8, 4) is 0 Å². The summed E-state index contributed by atoms with van der Waals surface area (Å²) in [6, 6.07) is -0.953. The third-order valence-corrected chi connectivity index (χ3v) is 7.82. The summed E-state index contributed by atoms with van der Waals surface area (Å²) >= 11 is 3.53. The predicted molar refractivity (Wildman–Crippen MR) is 126 cm³/mol. The van der Waals surface area contributed by atoms with Crippen LogP contribution in [-0.4, -0.2) is 93.1 Å². The number of thioether (sulfide) groups is 2. The fourth-order valence-electron chi connectivity index (χ4n) is 3.41. The number of aromatic nitrogens is 6. The van der Waals surface area contributed by atoms with Gasteiger partial charge in [0.05, 0.1) is 0 Å². The quantitative estimate of drug-likeness (QED) is 0.149. The van der Waals surface area contributed by atoms with E-state index in [1.807, 2.05) is 6.92 Å². The number of hydrogen-bond donors (Lipinski definition) is 3. The Morgan fingerprint density at radius 2 is 2.23 bits per heavy atom. The molecular weight excluding hydrogens is 520 g/mol. The number of aryl methyl sites for hydroxylation is 1. The summed E-state index contributed by atoms with van der Waals surface area (Å²) in [5.41, 5.74) is 5.80. The molecule has 0 saturated carbocycles. The highest BCUT2D eigenvalue weighted by molar-refractivity contribution is 8.01. The number of nitrogens with two attached hydrogens (primary N) is 1. The molecule has 0 aliphatic carbocycles. The first-order valence-electron chi connectivity index (χ1n) is 10.2. The second-order valence-corrected chi connectivity index (χ2v) is 10.0. The van der Waals surface area contributed by atoms with Gasteiger partial charge in [-0.25, -0.2) is 9.48 Å². The van der Waals surface area contributed by atoms with E-state index in [0.29, 0.717) is 28.8 Å². The van der Waals surface area contributed by atoms with Crippen LogP contribution in [0.3, 0.4) is 0 Å². The molecule has 35 heavy (non-hydrogen) atoms. The lowest BCUT2D eigenvalue weighted by Crippen LogP contribution is -2.71. The number of carboxylic acids is 1. The van der Waals surface area contributed by atoms with Crippen LogP contribution in [0.4, 0.5) is 5.13 Å². The third-order valence-electron chi connectivity index (χ3n) is 4.90. The van der Waals surface area contributed by atoms with Crippen molar-refractivity contribution in [2.75, 3.05) is 24.3 Å². The molecule has 1 unspecified atom stereocenters. The maximum atomic E-state index is 12.9. The monoisotopic (exact) mass is 540 g/mol. The maximum Gasteiger partial charge on any atom is 0.352 e. The van der Waals surface area contributed by atoms with Crippen LogP contribution in [0.25, 0.3) is 0 Å². The molecule has 1 fully saturated rings. The fourth-order valence-corrected chi connectivity index (χ4v) is 6.24. The predicted octanol–water partition coefficient (Wildman–Crippen LogP) is -0.602. The number of hydrogen-bond acceptors (Lipinski definition) is 14. The summed E-state index contributed by atoms with van der Waals surface area (Å²) in [6.45, 7) is 2.64. The lowest BCUT2D eigenvalue weighted by molar-refractivity contribution is -0.150. The minimum absolute atomic E-state index is 0.0392. The average molecular weight is 541 g/mol. The van der Waals surface area contributed by atoms with E-state index in [-0.39, 0.29) is 22.4 Å². The summed E-state index contributed by atoms with van der Waals surface area (Å²) in [5.74, 6) is -1.90. The van der Waals surface area contributed by atoms with Gasteiger partial charge in [-0.3, -0.25) is 14.5 Å². The van der Waals surface area contributed by atoms with Crippen molar-refractivity contribution in [2.24, 2.45) is 5.16 Å². The minimum Gasteiger partial charge on any atom is -0.477 e. The molecule has 0 spiro atoms. The second-order valence-electron chi connectivity index (χ2n) is 7.17. The summed E-state index contributed by atoms with van der Waals surface area (Å²) < 4.78 is 5.59. The molecular formula is C17H20N10O5S3. The molecule has 2 amide bonds. The van der Waals surface area contributed by atoms with Gasteiger partial charge >= 0.3 is 5.97 Å². The van der Waals surface area contributed by atoms with Crippen molar-refractivity contribution >= 4 is 63.7 Å². The van der Waals surface area contributed by atoms with Gasteiger partial charge < -0.3 is 21.0 Å². The van der Waals surface area contributed by atoms with E-state index in [1.165, 1.54) is 35.5 Å². The number of nitrogen functional groups attached to an aromatic ring is 1. The lowest BCUT2D eigenvalue weighted by Gasteiger charge is -2.49. The largest absolute Gasteiger partial charge is 0.477 e. The van der Waals surface area contributed by atoms with E-state index in [4.69, 9.17) is 10.6 Å². The summed E-state index contributed by atoms with van der Waals surface area (Å²) in [4.78, 5) is 47.6. The molecule has 4 heterocycles. The van der Waals surface area contributed by atoms with Gasteiger partial charge in [0.15, 0.2) is 5.13 Å². The van der Waals surface area contributed by atoms with Gasteiger partial charge in [0.2, 0.25) is 16.7 Å². The fraction of sp³-hybridized carbons (Fsp3) is 0.471. The summed E-state index contributed by atoms with van der Waals surface area (Å²) in [5, 5.41) is 27.8. The standard InChI is InChI=1S/C17H20N10O5S3/c1-3-4-26-17(21-24-25-26)34-6-7-5-33-14-9(13(29)27(14)10(7)15(30)31)19-12(28)8(22-32-2)11-20-16(18)35-23-11/h9,14H,3-6H2,1-2H3,(H,19,28)(H,30,31)(H2,18,20,23)/t9?,14-/m0/s1. The number of anilines is 1.